The zero-order valence-corrected chi connectivity index (χ0v) is 11.1. The first-order valence-corrected chi connectivity index (χ1v) is 6.60. The summed E-state index contributed by atoms with van der Waals surface area (Å²) in [5.41, 5.74) is -0.0918. The Morgan fingerprint density at radius 3 is 2.67 bits per heavy atom. The third-order valence-electron chi connectivity index (χ3n) is 3.42. The van der Waals surface area contributed by atoms with E-state index < -0.39 is 5.97 Å². The lowest BCUT2D eigenvalue weighted by Gasteiger charge is -2.27. The lowest BCUT2D eigenvalue weighted by Crippen LogP contribution is -2.25. The number of nitrogens with zero attached hydrogens (tertiary/aromatic N) is 1. The SMILES string of the molecule is CC1CCC(Nc2ccc(Cl)c(C(=O)O)n2)CC1. The van der Waals surface area contributed by atoms with E-state index in [0.717, 1.165) is 18.8 Å². The van der Waals surface area contributed by atoms with Crippen LogP contribution in [-0.2, 0) is 0 Å². The van der Waals surface area contributed by atoms with Gasteiger partial charge in [-0.25, -0.2) is 9.78 Å². The Morgan fingerprint density at radius 2 is 2.06 bits per heavy atom. The van der Waals surface area contributed by atoms with Crippen LogP contribution in [0.15, 0.2) is 12.1 Å². The normalized spacial score (nSPS) is 23.7. The molecule has 0 aliphatic heterocycles. The van der Waals surface area contributed by atoms with Crippen molar-refractivity contribution in [2.45, 2.75) is 38.6 Å². The van der Waals surface area contributed by atoms with Crippen LogP contribution in [0, 0.1) is 5.92 Å². The molecule has 0 spiro atoms. The number of carboxylic acids is 1. The fourth-order valence-corrected chi connectivity index (χ4v) is 2.47. The number of pyridine rings is 1. The highest BCUT2D eigenvalue weighted by Gasteiger charge is 2.19. The van der Waals surface area contributed by atoms with Crippen LogP contribution in [0.1, 0.15) is 43.1 Å². The average molecular weight is 269 g/mol. The second-order valence-corrected chi connectivity index (χ2v) is 5.34. The summed E-state index contributed by atoms with van der Waals surface area (Å²) in [4.78, 5) is 15.0. The van der Waals surface area contributed by atoms with Gasteiger partial charge in [0.25, 0.3) is 0 Å². The van der Waals surface area contributed by atoms with Gasteiger partial charge in [0.05, 0.1) is 5.02 Å². The molecule has 0 aromatic carbocycles. The van der Waals surface area contributed by atoms with Crippen LogP contribution in [0.2, 0.25) is 5.02 Å². The molecule has 1 aliphatic rings. The monoisotopic (exact) mass is 268 g/mol. The Hall–Kier alpha value is -1.29. The van der Waals surface area contributed by atoms with E-state index in [-0.39, 0.29) is 10.7 Å². The van der Waals surface area contributed by atoms with E-state index in [1.807, 2.05) is 0 Å². The zero-order valence-electron chi connectivity index (χ0n) is 10.3. The maximum absolute atomic E-state index is 10.9. The number of anilines is 1. The number of hydrogen-bond acceptors (Lipinski definition) is 3. The van der Waals surface area contributed by atoms with Crippen LogP contribution in [0.3, 0.4) is 0 Å². The second kappa shape index (κ2) is 5.57. The molecule has 18 heavy (non-hydrogen) atoms. The van der Waals surface area contributed by atoms with Crippen molar-refractivity contribution in [3.05, 3.63) is 22.8 Å². The molecule has 5 heteroatoms. The third kappa shape index (κ3) is 3.13. The van der Waals surface area contributed by atoms with E-state index >= 15 is 0 Å². The first kappa shape index (κ1) is 13.1. The van der Waals surface area contributed by atoms with Crippen molar-refractivity contribution in [3.63, 3.8) is 0 Å². The number of aromatic carboxylic acids is 1. The van der Waals surface area contributed by atoms with Crippen LogP contribution in [-0.4, -0.2) is 22.1 Å². The molecular weight excluding hydrogens is 252 g/mol. The summed E-state index contributed by atoms with van der Waals surface area (Å²) in [7, 11) is 0. The van der Waals surface area contributed by atoms with E-state index in [1.165, 1.54) is 12.8 Å². The number of carboxylic acid groups (broad SMARTS) is 1. The maximum Gasteiger partial charge on any atom is 0.356 e. The molecule has 2 N–H and O–H groups in total. The molecule has 2 rings (SSSR count). The molecule has 1 aromatic rings. The zero-order chi connectivity index (χ0) is 13.1. The number of hydrogen-bond donors (Lipinski definition) is 2. The predicted molar refractivity (Wildman–Crippen MR) is 71.2 cm³/mol. The van der Waals surface area contributed by atoms with E-state index in [9.17, 15) is 4.79 Å². The van der Waals surface area contributed by atoms with Crippen LogP contribution in [0.25, 0.3) is 0 Å². The summed E-state index contributed by atoms with van der Waals surface area (Å²) < 4.78 is 0. The van der Waals surface area contributed by atoms with Gasteiger partial charge in [0, 0.05) is 6.04 Å². The van der Waals surface area contributed by atoms with Gasteiger partial charge >= 0.3 is 5.97 Å². The van der Waals surface area contributed by atoms with Crippen LogP contribution in [0.4, 0.5) is 5.82 Å². The molecule has 0 radical (unpaired) electrons. The van der Waals surface area contributed by atoms with Crippen molar-refractivity contribution in [3.8, 4) is 0 Å². The highest BCUT2D eigenvalue weighted by molar-refractivity contribution is 6.33. The summed E-state index contributed by atoms with van der Waals surface area (Å²) in [6, 6.07) is 3.69. The fraction of sp³-hybridized carbons (Fsp3) is 0.538. The van der Waals surface area contributed by atoms with Gasteiger partial charge < -0.3 is 10.4 Å². The third-order valence-corrected chi connectivity index (χ3v) is 3.72. The molecule has 0 saturated heterocycles. The minimum absolute atomic E-state index is 0.0918. The molecule has 0 bridgehead atoms. The van der Waals surface area contributed by atoms with Gasteiger partial charge in [-0.1, -0.05) is 18.5 Å². The summed E-state index contributed by atoms with van der Waals surface area (Å²) in [6.45, 7) is 2.26. The average Bonchev–Trinajstić information content (AvgIpc) is 2.34. The second-order valence-electron chi connectivity index (χ2n) is 4.93. The number of nitrogens with one attached hydrogen (secondary N) is 1. The topological polar surface area (TPSA) is 62.2 Å². The van der Waals surface area contributed by atoms with Gasteiger partial charge in [0.2, 0.25) is 0 Å². The molecule has 0 amide bonds. The fourth-order valence-electron chi connectivity index (χ4n) is 2.29. The van der Waals surface area contributed by atoms with Gasteiger partial charge in [0.1, 0.15) is 5.82 Å². The lowest BCUT2D eigenvalue weighted by atomic mass is 9.87. The highest BCUT2D eigenvalue weighted by atomic mass is 35.5. The van der Waals surface area contributed by atoms with Gasteiger partial charge in [-0.3, -0.25) is 0 Å². The predicted octanol–water partition coefficient (Wildman–Crippen LogP) is 3.42. The van der Waals surface area contributed by atoms with Crippen LogP contribution < -0.4 is 5.32 Å². The maximum atomic E-state index is 10.9. The molecule has 1 saturated carbocycles. The number of halogens is 1. The van der Waals surface area contributed by atoms with Crippen molar-refractivity contribution in [2.24, 2.45) is 5.92 Å². The number of rotatable bonds is 3. The Bertz CT molecular complexity index is 443. The van der Waals surface area contributed by atoms with E-state index in [4.69, 9.17) is 16.7 Å². The first-order chi connectivity index (χ1) is 8.56. The van der Waals surface area contributed by atoms with Crippen LogP contribution in [0.5, 0.6) is 0 Å². The first-order valence-electron chi connectivity index (χ1n) is 6.22. The Kier molecular flexibility index (Phi) is 4.07. The number of carbonyl (C=O) groups is 1. The minimum atomic E-state index is -1.10. The van der Waals surface area contributed by atoms with Gasteiger partial charge in [-0.15, -0.1) is 0 Å². The molecular formula is C13H17ClN2O2. The molecule has 4 nitrogen and oxygen atoms in total. The summed E-state index contributed by atoms with van der Waals surface area (Å²) in [6.07, 6.45) is 4.62. The smallest absolute Gasteiger partial charge is 0.356 e. The molecule has 98 valence electrons. The van der Waals surface area contributed by atoms with E-state index in [0.29, 0.717) is 11.9 Å². The van der Waals surface area contributed by atoms with Gasteiger partial charge in [-0.05, 0) is 43.7 Å². The molecule has 1 aromatic heterocycles. The van der Waals surface area contributed by atoms with Crippen molar-refractivity contribution >= 4 is 23.4 Å². The van der Waals surface area contributed by atoms with Crippen molar-refractivity contribution < 1.29 is 9.90 Å². The van der Waals surface area contributed by atoms with Crippen molar-refractivity contribution in [1.29, 1.82) is 0 Å². The van der Waals surface area contributed by atoms with E-state index in [1.54, 1.807) is 12.1 Å². The number of aromatic nitrogens is 1. The summed E-state index contributed by atoms with van der Waals surface area (Å²) in [5.74, 6) is 0.285. The van der Waals surface area contributed by atoms with Gasteiger partial charge in [0.15, 0.2) is 5.69 Å². The molecule has 1 fully saturated rings. The molecule has 1 heterocycles. The molecule has 0 unspecified atom stereocenters. The largest absolute Gasteiger partial charge is 0.476 e. The standard InChI is InChI=1S/C13H17ClN2O2/c1-8-2-4-9(5-3-8)15-11-7-6-10(14)12(16-11)13(17)18/h6-9H,2-5H2,1H3,(H,15,16)(H,17,18). The van der Waals surface area contributed by atoms with Crippen LogP contribution >= 0.6 is 11.6 Å². The summed E-state index contributed by atoms with van der Waals surface area (Å²) >= 11 is 5.78. The highest BCUT2D eigenvalue weighted by Crippen LogP contribution is 2.26. The van der Waals surface area contributed by atoms with Gasteiger partial charge in [-0.2, -0.15) is 0 Å². The molecule has 1 aliphatic carbocycles. The molecule has 0 atom stereocenters. The minimum Gasteiger partial charge on any atom is -0.476 e. The van der Waals surface area contributed by atoms with E-state index in [2.05, 4.69) is 17.2 Å². The Balaban J connectivity index is 2.05. The van der Waals surface area contributed by atoms with Crippen molar-refractivity contribution in [1.82, 2.24) is 4.98 Å². The lowest BCUT2D eigenvalue weighted by molar-refractivity contribution is 0.0691. The van der Waals surface area contributed by atoms with Crippen molar-refractivity contribution in [2.75, 3.05) is 5.32 Å². The Labute approximate surface area is 111 Å². The Morgan fingerprint density at radius 1 is 1.39 bits per heavy atom. The quantitative estimate of drug-likeness (QED) is 0.882. The summed E-state index contributed by atoms with van der Waals surface area (Å²) in [5, 5.41) is 12.4.